The van der Waals surface area contributed by atoms with Crippen molar-refractivity contribution in [2.75, 3.05) is 19.5 Å². The first-order valence-corrected chi connectivity index (χ1v) is 13.7. The van der Waals surface area contributed by atoms with Gasteiger partial charge in [0.2, 0.25) is 5.91 Å². The van der Waals surface area contributed by atoms with Gasteiger partial charge in [-0.25, -0.2) is 0 Å². The predicted octanol–water partition coefficient (Wildman–Crippen LogP) is 5.22. The van der Waals surface area contributed by atoms with E-state index in [1.807, 2.05) is 23.9 Å². The second-order valence-electron chi connectivity index (χ2n) is 9.61. The number of hydrogen-bond donors (Lipinski definition) is 1. The normalized spacial score (nSPS) is 26.2. The smallest absolute Gasteiger partial charge is 0.308 e. The zero-order valence-electron chi connectivity index (χ0n) is 19.7. The van der Waals surface area contributed by atoms with Gasteiger partial charge >= 0.3 is 4.87 Å². The quantitative estimate of drug-likeness (QED) is 0.495. The molecular formula is C27H28N2O4S2. The molecule has 35 heavy (non-hydrogen) atoms. The monoisotopic (exact) mass is 508 g/mol. The van der Waals surface area contributed by atoms with Gasteiger partial charge < -0.3 is 14.8 Å². The number of nitrogens with one attached hydrogen (secondary N) is 1. The summed E-state index contributed by atoms with van der Waals surface area (Å²) in [7, 11) is 3.32. The highest BCUT2D eigenvalue weighted by atomic mass is 32.2. The van der Waals surface area contributed by atoms with Crippen LogP contribution in [-0.2, 0) is 11.3 Å². The van der Waals surface area contributed by atoms with Gasteiger partial charge in [-0.3, -0.25) is 14.2 Å². The van der Waals surface area contributed by atoms with Crippen LogP contribution in [0.1, 0.15) is 35.6 Å². The summed E-state index contributed by atoms with van der Waals surface area (Å²) in [5.74, 6) is 3.39. The molecule has 2 fully saturated rings. The molecule has 0 radical (unpaired) electrons. The minimum Gasteiger partial charge on any atom is -0.497 e. The van der Waals surface area contributed by atoms with E-state index in [2.05, 4.69) is 17.4 Å². The lowest BCUT2D eigenvalue weighted by atomic mass is 9.74. The van der Waals surface area contributed by atoms with Crippen molar-refractivity contribution < 1.29 is 14.3 Å². The predicted molar refractivity (Wildman–Crippen MR) is 139 cm³/mol. The Morgan fingerprint density at radius 1 is 1.06 bits per heavy atom. The number of aromatic nitrogens is 1. The summed E-state index contributed by atoms with van der Waals surface area (Å²) < 4.78 is 12.6. The maximum atomic E-state index is 13.2. The van der Waals surface area contributed by atoms with E-state index in [9.17, 15) is 9.59 Å². The van der Waals surface area contributed by atoms with Crippen molar-refractivity contribution in [2.45, 2.75) is 42.0 Å². The number of anilines is 1. The molecule has 0 spiro atoms. The molecular weight excluding hydrogens is 480 g/mol. The molecule has 2 bridgehead atoms. The van der Waals surface area contributed by atoms with Crippen LogP contribution in [0.3, 0.4) is 0 Å². The Labute approximate surface area is 212 Å². The van der Waals surface area contributed by atoms with Crippen LogP contribution in [0.5, 0.6) is 11.5 Å². The fourth-order valence-electron chi connectivity index (χ4n) is 6.38. The van der Waals surface area contributed by atoms with Crippen LogP contribution in [0.4, 0.5) is 5.69 Å². The number of carbonyl (C=O) groups excluding carboxylic acids is 1. The fourth-order valence-corrected chi connectivity index (χ4v) is 9.52. The Hall–Kier alpha value is -2.71. The molecule has 1 N–H and O–H groups in total. The van der Waals surface area contributed by atoms with Crippen LogP contribution in [0, 0.1) is 17.8 Å². The molecule has 2 aromatic carbocycles. The lowest BCUT2D eigenvalue weighted by molar-refractivity contribution is -0.116. The highest BCUT2D eigenvalue weighted by Crippen LogP contribution is 2.64. The van der Waals surface area contributed by atoms with E-state index in [1.165, 1.54) is 30.6 Å². The highest BCUT2D eigenvalue weighted by Gasteiger charge is 2.55. The summed E-state index contributed by atoms with van der Waals surface area (Å²) in [6, 6.07) is 15.4. The Bertz CT molecular complexity index is 1320. The number of rotatable bonds is 6. The maximum Gasteiger partial charge on any atom is 0.308 e. The van der Waals surface area contributed by atoms with E-state index in [0.29, 0.717) is 28.7 Å². The lowest BCUT2D eigenvalue weighted by Gasteiger charge is -2.40. The fraction of sp³-hybridized carbons (Fsp3) is 0.407. The van der Waals surface area contributed by atoms with E-state index in [4.69, 9.17) is 9.47 Å². The molecule has 1 amide bonds. The standard InChI is InChI=1S/C27H28N2O4S2/c1-32-18-11-9-17(10-12-18)28-21(30)14-29-26-25(35-27(29)31)23(19-5-3-4-6-20(19)33-2)22-15-7-8-16(13-15)24(22)34-26/h3-6,9-12,15-16,22-24H,7-8,13-14H2,1-2H3,(H,28,30)/t15?,16?,22?,23-,24?/m0/s1. The zero-order chi connectivity index (χ0) is 24.1. The van der Waals surface area contributed by atoms with E-state index >= 15 is 0 Å². The minimum absolute atomic E-state index is 0.00776. The van der Waals surface area contributed by atoms with Gasteiger partial charge in [0.25, 0.3) is 0 Å². The Balaban J connectivity index is 1.36. The third-order valence-electron chi connectivity index (χ3n) is 7.84. The average Bonchev–Trinajstić information content (AvgIpc) is 3.57. The first-order valence-electron chi connectivity index (χ1n) is 12.0. The van der Waals surface area contributed by atoms with Gasteiger partial charge in [-0.1, -0.05) is 29.5 Å². The summed E-state index contributed by atoms with van der Waals surface area (Å²) in [6.45, 7) is 0.00776. The molecule has 0 saturated heterocycles. The van der Waals surface area contributed by atoms with Gasteiger partial charge in [-0.15, -0.1) is 11.8 Å². The number of methoxy groups -OCH3 is 2. The molecule has 5 atom stereocenters. The zero-order valence-corrected chi connectivity index (χ0v) is 21.4. The van der Waals surface area contributed by atoms with Crippen molar-refractivity contribution in [2.24, 2.45) is 17.8 Å². The second kappa shape index (κ2) is 9.06. The first-order chi connectivity index (χ1) is 17.1. The van der Waals surface area contributed by atoms with Crippen LogP contribution >= 0.6 is 23.1 Å². The number of carbonyl (C=O) groups is 1. The summed E-state index contributed by atoms with van der Waals surface area (Å²) in [4.78, 5) is 27.2. The van der Waals surface area contributed by atoms with E-state index in [0.717, 1.165) is 27.0 Å². The number of amides is 1. The average molecular weight is 509 g/mol. The van der Waals surface area contributed by atoms with Crippen molar-refractivity contribution in [1.29, 1.82) is 0 Å². The molecule has 1 aliphatic heterocycles. The third kappa shape index (κ3) is 3.87. The highest BCUT2D eigenvalue weighted by molar-refractivity contribution is 8.00. The van der Waals surface area contributed by atoms with Gasteiger partial charge in [0.05, 0.1) is 19.2 Å². The van der Waals surface area contributed by atoms with Gasteiger partial charge in [0, 0.05) is 27.3 Å². The van der Waals surface area contributed by atoms with Crippen LogP contribution in [0.25, 0.3) is 0 Å². The minimum atomic E-state index is -0.206. The number of hydrogen-bond acceptors (Lipinski definition) is 6. The number of fused-ring (bicyclic) bond motifs is 6. The molecule has 2 aliphatic carbocycles. The number of thioether (sulfide) groups is 1. The van der Waals surface area contributed by atoms with Gasteiger partial charge in [-0.2, -0.15) is 0 Å². The molecule has 4 unspecified atom stereocenters. The van der Waals surface area contributed by atoms with Crippen molar-refractivity contribution in [1.82, 2.24) is 4.57 Å². The topological polar surface area (TPSA) is 69.6 Å². The van der Waals surface area contributed by atoms with E-state index < -0.39 is 0 Å². The summed E-state index contributed by atoms with van der Waals surface area (Å²) >= 11 is 3.14. The molecule has 6 rings (SSSR count). The van der Waals surface area contributed by atoms with Gasteiger partial charge in [0.1, 0.15) is 18.0 Å². The number of ether oxygens (including phenoxy) is 2. The number of nitrogens with zero attached hydrogens (tertiary/aromatic N) is 1. The number of para-hydroxylation sites is 1. The molecule has 2 heterocycles. The van der Waals surface area contributed by atoms with Crippen LogP contribution in [0.2, 0.25) is 0 Å². The maximum absolute atomic E-state index is 13.2. The summed E-state index contributed by atoms with van der Waals surface area (Å²) in [5, 5.41) is 4.36. The van der Waals surface area contributed by atoms with Crippen molar-refractivity contribution in [3.8, 4) is 11.5 Å². The second-order valence-corrected chi connectivity index (χ2v) is 11.8. The van der Waals surface area contributed by atoms with Crippen LogP contribution in [-0.4, -0.2) is 29.9 Å². The summed E-state index contributed by atoms with van der Waals surface area (Å²) in [5.41, 5.74) is 1.84. The molecule has 8 heteroatoms. The van der Waals surface area contributed by atoms with Crippen molar-refractivity contribution in [3.63, 3.8) is 0 Å². The van der Waals surface area contributed by atoms with E-state index in [1.54, 1.807) is 43.1 Å². The first kappa shape index (κ1) is 22.7. The van der Waals surface area contributed by atoms with Gasteiger partial charge in [-0.05, 0) is 67.3 Å². The van der Waals surface area contributed by atoms with Crippen molar-refractivity contribution >= 4 is 34.7 Å². The Morgan fingerprint density at radius 3 is 2.60 bits per heavy atom. The Morgan fingerprint density at radius 2 is 1.83 bits per heavy atom. The molecule has 2 saturated carbocycles. The largest absolute Gasteiger partial charge is 0.497 e. The SMILES string of the molecule is COc1ccc(NC(=O)Cn2c3c(sc2=O)[C@@H](c2ccccc2OC)C2C4CCC(C4)C2S3)cc1. The number of benzene rings is 2. The summed E-state index contributed by atoms with van der Waals surface area (Å²) in [6.07, 6.45) is 3.80. The van der Waals surface area contributed by atoms with Crippen LogP contribution < -0.4 is 19.7 Å². The molecule has 3 aromatic rings. The lowest BCUT2D eigenvalue weighted by Crippen LogP contribution is -2.35. The van der Waals surface area contributed by atoms with Gasteiger partial charge in [0.15, 0.2) is 0 Å². The molecule has 182 valence electrons. The third-order valence-corrected chi connectivity index (χ3v) is 10.7. The molecule has 6 nitrogen and oxygen atoms in total. The van der Waals surface area contributed by atoms with E-state index in [-0.39, 0.29) is 23.2 Å². The molecule has 1 aromatic heterocycles. The number of thiazole rings is 1. The van der Waals surface area contributed by atoms with Crippen LogP contribution in [0.15, 0.2) is 58.4 Å². The van der Waals surface area contributed by atoms with Crippen molar-refractivity contribution in [3.05, 3.63) is 68.6 Å². The Kier molecular flexibility index (Phi) is 5.89. The molecule has 3 aliphatic rings.